The van der Waals surface area contributed by atoms with Crippen LogP contribution in [0.1, 0.15) is 24.8 Å². The molecular formula is C12H21N3O2. The second-order valence-corrected chi connectivity index (χ2v) is 4.68. The fraction of sp³-hybridized carbons (Fsp3) is 0.750. The summed E-state index contributed by atoms with van der Waals surface area (Å²) in [7, 11) is 0. The number of nitrogens with zero attached hydrogens (tertiary/aromatic N) is 1. The molecule has 2 unspecified atom stereocenters. The Bertz CT molecular complexity index is 334. The summed E-state index contributed by atoms with van der Waals surface area (Å²) in [4.78, 5) is 0. The lowest BCUT2D eigenvalue weighted by atomic mass is 10.1. The van der Waals surface area contributed by atoms with Crippen molar-refractivity contribution in [1.82, 2.24) is 15.8 Å². The number of ether oxygens (including phenoxy) is 1. The van der Waals surface area contributed by atoms with Crippen molar-refractivity contribution >= 4 is 0 Å². The Morgan fingerprint density at radius 2 is 2.53 bits per heavy atom. The van der Waals surface area contributed by atoms with Gasteiger partial charge in [0.05, 0.1) is 25.5 Å². The van der Waals surface area contributed by atoms with Crippen molar-refractivity contribution < 1.29 is 9.26 Å². The number of nitrogens with one attached hydrogen (secondary N) is 2. The van der Waals surface area contributed by atoms with Crippen LogP contribution >= 0.6 is 0 Å². The van der Waals surface area contributed by atoms with E-state index in [2.05, 4.69) is 22.7 Å². The normalized spacial score (nSPS) is 22.6. The lowest BCUT2D eigenvalue weighted by molar-refractivity contribution is 0.0711. The van der Waals surface area contributed by atoms with Crippen LogP contribution in [0.3, 0.4) is 0 Å². The molecule has 0 spiro atoms. The zero-order valence-corrected chi connectivity index (χ0v) is 10.5. The second-order valence-electron chi connectivity index (χ2n) is 4.68. The molecule has 0 amide bonds. The van der Waals surface area contributed by atoms with Crippen molar-refractivity contribution in [2.75, 3.05) is 19.8 Å². The third-order valence-electron chi connectivity index (χ3n) is 2.94. The predicted octanol–water partition coefficient (Wildman–Crippen LogP) is 0.840. The summed E-state index contributed by atoms with van der Waals surface area (Å²) < 4.78 is 10.6. The quantitative estimate of drug-likeness (QED) is 0.797. The summed E-state index contributed by atoms with van der Waals surface area (Å²) >= 11 is 0. The molecule has 5 nitrogen and oxygen atoms in total. The van der Waals surface area contributed by atoms with Crippen LogP contribution < -0.4 is 10.6 Å². The van der Waals surface area contributed by atoms with Crippen molar-refractivity contribution in [2.45, 2.75) is 38.9 Å². The number of rotatable bonds is 5. The SMILES string of the molecule is Cc1cc(CNC(C)CC2COCCN2)on1. The van der Waals surface area contributed by atoms with E-state index in [1.54, 1.807) is 0 Å². The summed E-state index contributed by atoms with van der Waals surface area (Å²) in [5.41, 5.74) is 0.928. The summed E-state index contributed by atoms with van der Waals surface area (Å²) in [5.74, 6) is 0.891. The monoisotopic (exact) mass is 239 g/mol. The molecule has 2 atom stereocenters. The van der Waals surface area contributed by atoms with Crippen LogP contribution in [0.5, 0.6) is 0 Å². The number of hydrogen-bond acceptors (Lipinski definition) is 5. The van der Waals surface area contributed by atoms with Crippen molar-refractivity contribution in [1.29, 1.82) is 0 Å². The first-order valence-corrected chi connectivity index (χ1v) is 6.21. The molecule has 1 aliphatic heterocycles. The smallest absolute Gasteiger partial charge is 0.150 e. The molecule has 2 N–H and O–H groups in total. The molecule has 1 saturated heterocycles. The maximum atomic E-state index is 5.43. The van der Waals surface area contributed by atoms with Gasteiger partial charge in [0, 0.05) is 24.7 Å². The molecule has 96 valence electrons. The van der Waals surface area contributed by atoms with Gasteiger partial charge in [-0.05, 0) is 20.3 Å². The van der Waals surface area contributed by atoms with E-state index >= 15 is 0 Å². The first-order chi connectivity index (χ1) is 8.24. The van der Waals surface area contributed by atoms with E-state index in [1.165, 1.54) is 0 Å². The largest absolute Gasteiger partial charge is 0.379 e. The zero-order chi connectivity index (χ0) is 12.1. The average molecular weight is 239 g/mol. The Morgan fingerprint density at radius 1 is 1.65 bits per heavy atom. The first kappa shape index (κ1) is 12.5. The standard InChI is InChI=1S/C12H21N3O2/c1-9(5-11-8-16-4-3-13-11)14-7-12-6-10(2)15-17-12/h6,9,11,13-14H,3-5,7-8H2,1-2H3. The minimum Gasteiger partial charge on any atom is -0.379 e. The minimum absolute atomic E-state index is 0.430. The van der Waals surface area contributed by atoms with Gasteiger partial charge >= 0.3 is 0 Å². The molecule has 0 aliphatic carbocycles. The Labute approximate surface area is 102 Å². The van der Waals surface area contributed by atoms with E-state index in [0.717, 1.165) is 44.2 Å². The topological polar surface area (TPSA) is 59.3 Å². The van der Waals surface area contributed by atoms with Crippen LogP contribution in [0, 0.1) is 6.92 Å². The van der Waals surface area contributed by atoms with Crippen LogP contribution in [-0.4, -0.2) is 37.0 Å². The van der Waals surface area contributed by atoms with Crippen molar-refractivity contribution in [3.05, 3.63) is 17.5 Å². The highest BCUT2D eigenvalue weighted by Crippen LogP contribution is 2.05. The lowest BCUT2D eigenvalue weighted by Gasteiger charge is -2.26. The van der Waals surface area contributed by atoms with Gasteiger partial charge in [0.2, 0.25) is 0 Å². The second kappa shape index (κ2) is 6.14. The Morgan fingerprint density at radius 3 is 3.18 bits per heavy atom. The summed E-state index contributed by atoms with van der Waals surface area (Å²) in [6, 6.07) is 2.85. The van der Waals surface area contributed by atoms with Gasteiger partial charge in [-0.25, -0.2) is 0 Å². The average Bonchev–Trinajstić information content (AvgIpc) is 2.74. The van der Waals surface area contributed by atoms with E-state index in [0.29, 0.717) is 12.1 Å². The molecule has 1 aromatic heterocycles. The molecular weight excluding hydrogens is 218 g/mol. The maximum absolute atomic E-state index is 5.43. The fourth-order valence-electron chi connectivity index (χ4n) is 2.06. The number of aromatic nitrogens is 1. The number of aryl methyl sites for hydroxylation is 1. The van der Waals surface area contributed by atoms with Gasteiger partial charge in [-0.1, -0.05) is 5.16 Å². The first-order valence-electron chi connectivity index (χ1n) is 6.21. The fourth-order valence-corrected chi connectivity index (χ4v) is 2.06. The van der Waals surface area contributed by atoms with Gasteiger partial charge in [0.25, 0.3) is 0 Å². The molecule has 0 radical (unpaired) electrons. The van der Waals surface area contributed by atoms with Gasteiger partial charge in [-0.3, -0.25) is 0 Å². The van der Waals surface area contributed by atoms with E-state index in [1.807, 2.05) is 13.0 Å². The molecule has 1 aliphatic rings. The lowest BCUT2D eigenvalue weighted by Crippen LogP contribution is -2.44. The summed E-state index contributed by atoms with van der Waals surface area (Å²) in [6.07, 6.45) is 1.06. The number of hydrogen-bond donors (Lipinski definition) is 2. The van der Waals surface area contributed by atoms with E-state index < -0.39 is 0 Å². The molecule has 2 rings (SSSR count). The van der Waals surface area contributed by atoms with E-state index in [-0.39, 0.29) is 0 Å². The van der Waals surface area contributed by atoms with Crippen LogP contribution in [0.2, 0.25) is 0 Å². The minimum atomic E-state index is 0.430. The van der Waals surface area contributed by atoms with Gasteiger partial charge in [-0.15, -0.1) is 0 Å². The van der Waals surface area contributed by atoms with E-state index in [4.69, 9.17) is 9.26 Å². The van der Waals surface area contributed by atoms with Crippen LogP contribution in [-0.2, 0) is 11.3 Å². The highest BCUT2D eigenvalue weighted by molar-refractivity contribution is 5.02. The molecule has 17 heavy (non-hydrogen) atoms. The highest BCUT2D eigenvalue weighted by Gasteiger charge is 2.16. The van der Waals surface area contributed by atoms with Crippen LogP contribution in [0.4, 0.5) is 0 Å². The number of morpholine rings is 1. The summed E-state index contributed by atoms with van der Waals surface area (Å²) in [5, 5.41) is 10.7. The third kappa shape index (κ3) is 4.11. The molecule has 0 bridgehead atoms. The molecule has 0 aromatic carbocycles. The van der Waals surface area contributed by atoms with Gasteiger partial charge in [-0.2, -0.15) is 0 Å². The van der Waals surface area contributed by atoms with Gasteiger partial charge < -0.3 is 19.9 Å². The molecule has 5 heteroatoms. The molecule has 1 fully saturated rings. The van der Waals surface area contributed by atoms with Gasteiger partial charge in [0.1, 0.15) is 0 Å². The Hall–Kier alpha value is -0.910. The predicted molar refractivity (Wildman–Crippen MR) is 64.8 cm³/mol. The van der Waals surface area contributed by atoms with Gasteiger partial charge in [0.15, 0.2) is 5.76 Å². The van der Waals surface area contributed by atoms with Crippen molar-refractivity contribution in [3.8, 4) is 0 Å². The summed E-state index contributed by atoms with van der Waals surface area (Å²) in [6.45, 7) is 7.44. The van der Waals surface area contributed by atoms with Crippen LogP contribution in [0.15, 0.2) is 10.6 Å². The highest BCUT2D eigenvalue weighted by atomic mass is 16.5. The van der Waals surface area contributed by atoms with E-state index in [9.17, 15) is 0 Å². The molecule has 1 aromatic rings. The third-order valence-corrected chi connectivity index (χ3v) is 2.94. The van der Waals surface area contributed by atoms with Crippen LogP contribution in [0.25, 0.3) is 0 Å². The Balaban J connectivity index is 1.68. The molecule has 2 heterocycles. The Kier molecular flexibility index (Phi) is 4.53. The maximum Gasteiger partial charge on any atom is 0.150 e. The molecule has 0 saturated carbocycles. The van der Waals surface area contributed by atoms with Crippen molar-refractivity contribution in [2.24, 2.45) is 0 Å². The zero-order valence-electron chi connectivity index (χ0n) is 10.5. The van der Waals surface area contributed by atoms with Crippen molar-refractivity contribution in [3.63, 3.8) is 0 Å².